The minimum absolute atomic E-state index is 0.284. The molecule has 0 saturated heterocycles. The first-order valence-electron chi connectivity index (χ1n) is 7.02. The maximum atomic E-state index is 11.9. The molecule has 0 spiro atoms. The second kappa shape index (κ2) is 7.14. The number of carbonyl (C=O) groups excluding carboxylic acids is 1. The van der Waals surface area contributed by atoms with Gasteiger partial charge in [-0.05, 0) is 48.2 Å². The molecule has 2 aromatic rings. The molecule has 4 heteroatoms. The summed E-state index contributed by atoms with van der Waals surface area (Å²) in [5, 5.41) is 6.13. The zero-order valence-electron chi connectivity index (χ0n) is 12.2. The van der Waals surface area contributed by atoms with Crippen LogP contribution < -0.4 is 10.6 Å². The molecule has 0 aromatic heterocycles. The molecule has 0 unspecified atom stereocenters. The van der Waals surface area contributed by atoms with Crippen molar-refractivity contribution in [2.24, 2.45) is 0 Å². The van der Waals surface area contributed by atoms with E-state index < -0.39 is 0 Å². The Morgan fingerprint density at radius 2 is 1.76 bits per heavy atom. The van der Waals surface area contributed by atoms with Gasteiger partial charge >= 0.3 is 6.03 Å². The van der Waals surface area contributed by atoms with E-state index in [4.69, 9.17) is 11.6 Å². The summed E-state index contributed by atoms with van der Waals surface area (Å²) >= 11 is 5.88. The summed E-state index contributed by atoms with van der Waals surface area (Å²) in [4.78, 5) is 11.9. The van der Waals surface area contributed by atoms with Crippen LogP contribution in [0.3, 0.4) is 0 Å². The highest BCUT2D eigenvalue weighted by Gasteiger charge is 2.05. The SMILES string of the molecule is CC[C@@H](C)c1ccc(NC(=O)Nc2cccc(Cl)c2)cc1. The van der Waals surface area contributed by atoms with Gasteiger partial charge in [0.25, 0.3) is 0 Å². The largest absolute Gasteiger partial charge is 0.323 e. The van der Waals surface area contributed by atoms with Gasteiger partial charge in [0.1, 0.15) is 0 Å². The van der Waals surface area contributed by atoms with Crippen molar-refractivity contribution in [1.82, 2.24) is 0 Å². The number of hydrogen-bond donors (Lipinski definition) is 2. The van der Waals surface area contributed by atoms with Crippen LogP contribution >= 0.6 is 11.6 Å². The summed E-state index contributed by atoms with van der Waals surface area (Å²) in [5.74, 6) is 0.527. The van der Waals surface area contributed by atoms with Crippen LogP contribution in [0.2, 0.25) is 5.02 Å². The third-order valence-electron chi connectivity index (χ3n) is 3.43. The molecule has 0 aliphatic carbocycles. The van der Waals surface area contributed by atoms with Crippen LogP contribution in [0.15, 0.2) is 48.5 Å². The summed E-state index contributed by atoms with van der Waals surface area (Å²) in [6.07, 6.45) is 1.10. The van der Waals surface area contributed by atoms with E-state index >= 15 is 0 Å². The summed E-state index contributed by atoms with van der Waals surface area (Å²) in [7, 11) is 0. The fourth-order valence-electron chi connectivity index (χ4n) is 1.99. The first-order valence-corrected chi connectivity index (χ1v) is 7.40. The van der Waals surface area contributed by atoms with Gasteiger partial charge in [-0.3, -0.25) is 0 Å². The molecule has 2 amide bonds. The Morgan fingerprint density at radius 3 is 2.38 bits per heavy atom. The molecule has 0 fully saturated rings. The lowest BCUT2D eigenvalue weighted by molar-refractivity contribution is 0.262. The number of amides is 2. The van der Waals surface area contributed by atoms with E-state index in [2.05, 4.69) is 24.5 Å². The molecule has 0 bridgehead atoms. The normalized spacial score (nSPS) is 11.8. The Kier molecular flexibility index (Phi) is 5.23. The van der Waals surface area contributed by atoms with Crippen molar-refractivity contribution in [3.63, 3.8) is 0 Å². The van der Waals surface area contributed by atoms with Crippen LogP contribution in [0.1, 0.15) is 31.7 Å². The lowest BCUT2D eigenvalue weighted by Crippen LogP contribution is -2.19. The van der Waals surface area contributed by atoms with Crippen molar-refractivity contribution in [3.05, 3.63) is 59.1 Å². The molecule has 0 saturated carbocycles. The van der Waals surface area contributed by atoms with Gasteiger partial charge in [0.2, 0.25) is 0 Å². The zero-order valence-corrected chi connectivity index (χ0v) is 12.9. The average molecular weight is 303 g/mol. The molecule has 0 radical (unpaired) electrons. The van der Waals surface area contributed by atoms with Crippen LogP contribution in [0.25, 0.3) is 0 Å². The number of anilines is 2. The third-order valence-corrected chi connectivity index (χ3v) is 3.67. The highest BCUT2D eigenvalue weighted by Crippen LogP contribution is 2.21. The van der Waals surface area contributed by atoms with Gasteiger partial charge in [-0.2, -0.15) is 0 Å². The van der Waals surface area contributed by atoms with Gasteiger partial charge in [0, 0.05) is 16.4 Å². The van der Waals surface area contributed by atoms with E-state index in [1.54, 1.807) is 24.3 Å². The van der Waals surface area contributed by atoms with Gasteiger partial charge in [0.05, 0.1) is 0 Å². The predicted molar refractivity (Wildman–Crippen MR) is 89.2 cm³/mol. The number of nitrogens with one attached hydrogen (secondary N) is 2. The van der Waals surface area contributed by atoms with Crippen LogP contribution in [0.5, 0.6) is 0 Å². The summed E-state index contributed by atoms with van der Waals surface area (Å²) in [6, 6.07) is 14.7. The number of hydrogen-bond acceptors (Lipinski definition) is 1. The standard InChI is InChI=1S/C17H19ClN2O/c1-3-12(2)13-7-9-15(10-8-13)19-17(21)20-16-6-4-5-14(18)11-16/h4-12H,3H2,1-2H3,(H2,19,20,21)/t12-/m1/s1. The Bertz CT molecular complexity index is 610. The van der Waals surface area contributed by atoms with Crippen molar-refractivity contribution >= 4 is 29.0 Å². The molecular weight excluding hydrogens is 284 g/mol. The van der Waals surface area contributed by atoms with E-state index in [0.717, 1.165) is 12.1 Å². The summed E-state index contributed by atoms with van der Waals surface area (Å²) in [6.45, 7) is 4.35. The number of halogens is 1. The maximum Gasteiger partial charge on any atom is 0.323 e. The minimum Gasteiger partial charge on any atom is -0.308 e. The number of carbonyl (C=O) groups is 1. The van der Waals surface area contributed by atoms with Crippen LogP contribution in [0, 0.1) is 0 Å². The zero-order chi connectivity index (χ0) is 15.2. The topological polar surface area (TPSA) is 41.1 Å². The van der Waals surface area contributed by atoms with E-state index in [1.807, 2.05) is 24.3 Å². The second-order valence-electron chi connectivity index (χ2n) is 5.02. The molecule has 2 aromatic carbocycles. The lowest BCUT2D eigenvalue weighted by atomic mass is 9.99. The Hall–Kier alpha value is -2.00. The molecular formula is C17H19ClN2O. The van der Waals surface area contributed by atoms with Gasteiger partial charge in [-0.15, -0.1) is 0 Å². The Balaban J connectivity index is 1.96. The van der Waals surface area contributed by atoms with Crippen molar-refractivity contribution in [1.29, 1.82) is 0 Å². The first-order chi connectivity index (χ1) is 10.1. The van der Waals surface area contributed by atoms with E-state index in [9.17, 15) is 4.79 Å². The number of benzene rings is 2. The van der Waals surface area contributed by atoms with Crippen molar-refractivity contribution in [3.8, 4) is 0 Å². The highest BCUT2D eigenvalue weighted by atomic mass is 35.5. The van der Waals surface area contributed by atoms with Gasteiger partial charge < -0.3 is 10.6 Å². The van der Waals surface area contributed by atoms with Crippen LogP contribution in [0.4, 0.5) is 16.2 Å². The summed E-state index contributed by atoms with van der Waals surface area (Å²) < 4.78 is 0. The van der Waals surface area contributed by atoms with Crippen molar-refractivity contribution < 1.29 is 4.79 Å². The fraction of sp³-hybridized carbons (Fsp3) is 0.235. The molecule has 21 heavy (non-hydrogen) atoms. The molecule has 2 rings (SSSR count). The van der Waals surface area contributed by atoms with Gasteiger partial charge in [0.15, 0.2) is 0 Å². The number of rotatable bonds is 4. The smallest absolute Gasteiger partial charge is 0.308 e. The molecule has 0 aliphatic rings. The Morgan fingerprint density at radius 1 is 1.10 bits per heavy atom. The number of urea groups is 1. The quantitative estimate of drug-likeness (QED) is 0.769. The molecule has 1 atom stereocenters. The fourth-order valence-corrected chi connectivity index (χ4v) is 2.18. The van der Waals surface area contributed by atoms with E-state index in [1.165, 1.54) is 5.56 Å². The highest BCUT2D eigenvalue weighted by molar-refractivity contribution is 6.30. The first kappa shape index (κ1) is 15.4. The van der Waals surface area contributed by atoms with Crippen LogP contribution in [-0.4, -0.2) is 6.03 Å². The minimum atomic E-state index is -0.284. The van der Waals surface area contributed by atoms with Crippen LogP contribution in [-0.2, 0) is 0 Å². The van der Waals surface area contributed by atoms with Crippen molar-refractivity contribution in [2.75, 3.05) is 10.6 Å². The van der Waals surface area contributed by atoms with E-state index in [-0.39, 0.29) is 6.03 Å². The molecule has 2 N–H and O–H groups in total. The lowest BCUT2D eigenvalue weighted by Gasteiger charge is -2.11. The second-order valence-corrected chi connectivity index (χ2v) is 5.46. The van der Waals surface area contributed by atoms with Gasteiger partial charge in [-0.1, -0.05) is 43.6 Å². The molecule has 0 aliphatic heterocycles. The molecule has 3 nitrogen and oxygen atoms in total. The predicted octanol–water partition coefficient (Wildman–Crippen LogP) is 5.50. The van der Waals surface area contributed by atoms with E-state index in [0.29, 0.717) is 16.6 Å². The summed E-state index contributed by atoms with van der Waals surface area (Å²) in [5.41, 5.74) is 2.70. The average Bonchev–Trinajstić information content (AvgIpc) is 2.47. The van der Waals surface area contributed by atoms with Gasteiger partial charge in [-0.25, -0.2) is 4.79 Å². The molecule has 0 heterocycles. The molecule has 110 valence electrons. The third kappa shape index (κ3) is 4.50. The maximum absolute atomic E-state index is 11.9. The van der Waals surface area contributed by atoms with Crippen molar-refractivity contribution in [2.45, 2.75) is 26.2 Å². The Labute approximate surface area is 130 Å². The monoisotopic (exact) mass is 302 g/mol.